The van der Waals surface area contributed by atoms with E-state index >= 15 is 0 Å². The standard InChI is InChI=1S/C14H17NO3/c1-14(2)8-12(17)15(13(14)18)11(9-16)10-6-4-3-5-7-10/h3-7,11,16H,8-9H2,1-2H3/t11-/m1/s1. The van der Waals surface area contributed by atoms with Gasteiger partial charge in [-0.1, -0.05) is 44.2 Å². The lowest BCUT2D eigenvalue weighted by atomic mass is 9.92. The fourth-order valence-electron chi connectivity index (χ4n) is 2.30. The summed E-state index contributed by atoms with van der Waals surface area (Å²) >= 11 is 0. The molecular weight excluding hydrogens is 230 g/mol. The highest BCUT2D eigenvalue weighted by molar-refractivity contribution is 6.05. The van der Waals surface area contributed by atoms with Crippen LogP contribution in [0.3, 0.4) is 0 Å². The van der Waals surface area contributed by atoms with Crippen LogP contribution in [0.2, 0.25) is 0 Å². The van der Waals surface area contributed by atoms with Gasteiger partial charge >= 0.3 is 0 Å². The number of hydrogen-bond donors (Lipinski definition) is 1. The summed E-state index contributed by atoms with van der Waals surface area (Å²) < 4.78 is 0. The molecule has 1 aromatic carbocycles. The van der Waals surface area contributed by atoms with Gasteiger partial charge in [-0.15, -0.1) is 0 Å². The molecule has 0 aromatic heterocycles. The topological polar surface area (TPSA) is 57.6 Å². The van der Waals surface area contributed by atoms with Crippen molar-refractivity contribution in [2.45, 2.75) is 26.3 Å². The molecule has 1 atom stereocenters. The average molecular weight is 247 g/mol. The van der Waals surface area contributed by atoms with Crippen molar-refractivity contribution in [1.82, 2.24) is 4.90 Å². The Morgan fingerprint density at radius 2 is 1.89 bits per heavy atom. The number of carbonyl (C=O) groups is 2. The van der Waals surface area contributed by atoms with Crippen LogP contribution in [0.5, 0.6) is 0 Å². The van der Waals surface area contributed by atoms with Gasteiger partial charge in [0.25, 0.3) is 0 Å². The maximum Gasteiger partial charge on any atom is 0.236 e. The van der Waals surface area contributed by atoms with Crippen molar-refractivity contribution >= 4 is 11.8 Å². The molecule has 0 bridgehead atoms. The van der Waals surface area contributed by atoms with Crippen LogP contribution in [0.1, 0.15) is 31.9 Å². The van der Waals surface area contributed by atoms with E-state index in [0.29, 0.717) is 0 Å². The smallest absolute Gasteiger partial charge is 0.236 e. The molecule has 0 aliphatic carbocycles. The minimum absolute atomic E-state index is 0.204. The number of rotatable bonds is 3. The van der Waals surface area contributed by atoms with Crippen LogP contribution in [-0.2, 0) is 9.59 Å². The van der Waals surface area contributed by atoms with Gasteiger partial charge in [0.1, 0.15) is 0 Å². The summed E-state index contributed by atoms with van der Waals surface area (Å²) in [4.78, 5) is 25.4. The second-order valence-electron chi connectivity index (χ2n) is 5.24. The zero-order valence-corrected chi connectivity index (χ0v) is 10.6. The molecule has 2 amide bonds. The van der Waals surface area contributed by atoms with E-state index in [1.54, 1.807) is 13.8 Å². The van der Waals surface area contributed by atoms with E-state index in [1.807, 2.05) is 30.3 Å². The molecule has 1 N–H and O–H groups in total. The summed E-state index contributed by atoms with van der Waals surface area (Å²) in [5.74, 6) is -0.427. The Hall–Kier alpha value is -1.68. The number of imide groups is 1. The zero-order valence-electron chi connectivity index (χ0n) is 10.6. The number of hydrogen-bond acceptors (Lipinski definition) is 3. The van der Waals surface area contributed by atoms with E-state index < -0.39 is 11.5 Å². The predicted molar refractivity (Wildman–Crippen MR) is 66.5 cm³/mol. The third kappa shape index (κ3) is 2.04. The van der Waals surface area contributed by atoms with Crippen molar-refractivity contribution < 1.29 is 14.7 Å². The first-order chi connectivity index (χ1) is 8.47. The van der Waals surface area contributed by atoms with Crippen molar-refractivity contribution in [3.63, 3.8) is 0 Å². The first-order valence-corrected chi connectivity index (χ1v) is 5.99. The molecule has 2 rings (SSSR count). The quantitative estimate of drug-likeness (QED) is 0.824. The van der Waals surface area contributed by atoms with Gasteiger partial charge < -0.3 is 5.11 Å². The fraction of sp³-hybridized carbons (Fsp3) is 0.429. The maximum atomic E-state index is 12.2. The van der Waals surface area contributed by atoms with Crippen molar-refractivity contribution in [2.24, 2.45) is 5.41 Å². The molecule has 0 saturated carbocycles. The van der Waals surface area contributed by atoms with E-state index in [9.17, 15) is 14.7 Å². The Bertz CT molecular complexity index is 467. The second-order valence-corrected chi connectivity index (χ2v) is 5.24. The third-order valence-electron chi connectivity index (χ3n) is 3.33. The molecule has 4 nitrogen and oxygen atoms in total. The second kappa shape index (κ2) is 4.53. The number of aliphatic hydroxyl groups excluding tert-OH is 1. The number of benzene rings is 1. The summed E-state index contributed by atoms with van der Waals surface area (Å²) in [6, 6.07) is 8.56. The predicted octanol–water partition coefficient (Wildman–Crippen LogP) is 1.51. The van der Waals surface area contributed by atoms with Crippen LogP contribution in [0.4, 0.5) is 0 Å². The zero-order chi connectivity index (χ0) is 13.3. The lowest BCUT2D eigenvalue weighted by Gasteiger charge is -2.26. The van der Waals surface area contributed by atoms with Gasteiger partial charge in [0.05, 0.1) is 18.1 Å². The first-order valence-electron chi connectivity index (χ1n) is 5.99. The molecule has 1 aromatic rings. The number of likely N-dealkylation sites (tertiary alicyclic amines) is 1. The summed E-state index contributed by atoms with van der Waals surface area (Å²) in [5.41, 5.74) is 0.110. The molecule has 1 aliphatic rings. The summed E-state index contributed by atoms with van der Waals surface area (Å²) in [6.07, 6.45) is 0.204. The lowest BCUT2D eigenvalue weighted by Crippen LogP contribution is -2.38. The largest absolute Gasteiger partial charge is 0.394 e. The van der Waals surface area contributed by atoms with Crippen LogP contribution < -0.4 is 0 Å². The minimum atomic E-state index is -0.667. The molecule has 1 fully saturated rings. The van der Waals surface area contributed by atoms with Gasteiger partial charge in [-0.05, 0) is 5.56 Å². The average Bonchev–Trinajstić information content (AvgIpc) is 2.54. The number of carbonyl (C=O) groups excluding carboxylic acids is 2. The summed E-state index contributed by atoms with van der Waals surface area (Å²) in [6.45, 7) is 3.26. The lowest BCUT2D eigenvalue weighted by molar-refractivity contribution is -0.144. The number of amides is 2. The van der Waals surface area contributed by atoms with Gasteiger partial charge in [0, 0.05) is 6.42 Å². The minimum Gasteiger partial charge on any atom is -0.394 e. The number of aliphatic hydroxyl groups is 1. The van der Waals surface area contributed by atoms with Gasteiger partial charge in [0.15, 0.2) is 0 Å². The fourth-order valence-corrected chi connectivity index (χ4v) is 2.30. The van der Waals surface area contributed by atoms with Crippen molar-refractivity contribution in [3.8, 4) is 0 Å². The molecule has 1 aliphatic heterocycles. The highest BCUT2D eigenvalue weighted by atomic mass is 16.3. The molecule has 4 heteroatoms. The monoisotopic (exact) mass is 247 g/mol. The molecular formula is C14H17NO3. The summed E-state index contributed by atoms with van der Waals surface area (Å²) in [5, 5.41) is 9.50. The molecule has 1 heterocycles. The van der Waals surface area contributed by atoms with E-state index in [2.05, 4.69) is 0 Å². The SMILES string of the molecule is CC1(C)CC(=O)N([C@H](CO)c2ccccc2)C1=O. The highest BCUT2D eigenvalue weighted by Crippen LogP contribution is 2.36. The van der Waals surface area contributed by atoms with E-state index in [-0.39, 0.29) is 24.8 Å². The number of nitrogens with zero attached hydrogens (tertiary/aromatic N) is 1. The Kier molecular flexibility index (Phi) is 3.22. The van der Waals surface area contributed by atoms with E-state index in [4.69, 9.17) is 0 Å². The Morgan fingerprint density at radius 1 is 1.28 bits per heavy atom. The third-order valence-corrected chi connectivity index (χ3v) is 3.33. The van der Waals surface area contributed by atoms with Crippen molar-refractivity contribution in [1.29, 1.82) is 0 Å². The van der Waals surface area contributed by atoms with Crippen LogP contribution in [0.25, 0.3) is 0 Å². The van der Waals surface area contributed by atoms with Crippen LogP contribution in [0, 0.1) is 5.41 Å². The first kappa shape index (κ1) is 12.8. The Labute approximate surface area is 106 Å². The molecule has 0 spiro atoms. The van der Waals surface area contributed by atoms with Crippen LogP contribution in [-0.4, -0.2) is 28.4 Å². The van der Waals surface area contributed by atoms with Crippen molar-refractivity contribution in [2.75, 3.05) is 6.61 Å². The van der Waals surface area contributed by atoms with Gasteiger partial charge in [-0.25, -0.2) is 0 Å². The molecule has 0 radical (unpaired) electrons. The molecule has 1 saturated heterocycles. The Balaban J connectivity index is 2.35. The normalized spacial score (nSPS) is 20.3. The molecule has 96 valence electrons. The van der Waals surface area contributed by atoms with Crippen LogP contribution in [0.15, 0.2) is 30.3 Å². The van der Waals surface area contributed by atoms with Gasteiger partial charge in [0.2, 0.25) is 11.8 Å². The highest BCUT2D eigenvalue weighted by Gasteiger charge is 2.47. The van der Waals surface area contributed by atoms with Gasteiger partial charge in [-0.2, -0.15) is 0 Å². The molecule has 0 unspecified atom stereocenters. The van der Waals surface area contributed by atoms with Gasteiger partial charge in [-0.3, -0.25) is 14.5 Å². The van der Waals surface area contributed by atoms with Crippen molar-refractivity contribution in [3.05, 3.63) is 35.9 Å². The van der Waals surface area contributed by atoms with E-state index in [0.717, 1.165) is 5.56 Å². The maximum absolute atomic E-state index is 12.2. The van der Waals surface area contributed by atoms with E-state index in [1.165, 1.54) is 4.90 Å². The molecule has 18 heavy (non-hydrogen) atoms. The summed E-state index contributed by atoms with van der Waals surface area (Å²) in [7, 11) is 0. The Morgan fingerprint density at radius 3 is 2.33 bits per heavy atom. The van der Waals surface area contributed by atoms with Crippen LogP contribution >= 0.6 is 0 Å².